The molecule has 36 heavy (non-hydrogen) atoms. The number of nitrogens with two attached hydrogens (primary N) is 3. The van der Waals surface area contributed by atoms with E-state index in [2.05, 4.69) is 10.6 Å². The van der Waals surface area contributed by atoms with Crippen LogP contribution in [0.5, 0.6) is 0 Å². The maximum atomic E-state index is 13.5. The molecule has 0 aliphatic carbocycles. The third-order valence-corrected chi connectivity index (χ3v) is 6.06. The van der Waals surface area contributed by atoms with E-state index < -0.39 is 53.8 Å². The van der Waals surface area contributed by atoms with Crippen LogP contribution in [0.15, 0.2) is 30.3 Å². The molecule has 1 saturated heterocycles. The molecule has 12 nitrogen and oxygen atoms in total. The number of primary amides is 1. The molecular formula is C24H36N6O6. The molecule has 12 heteroatoms. The van der Waals surface area contributed by atoms with Gasteiger partial charge in [-0.1, -0.05) is 30.3 Å². The summed E-state index contributed by atoms with van der Waals surface area (Å²) in [7, 11) is 0. The number of rotatable bonds is 14. The van der Waals surface area contributed by atoms with Crippen LogP contribution in [0.4, 0.5) is 0 Å². The molecule has 4 unspecified atom stereocenters. The Morgan fingerprint density at radius 3 is 2.36 bits per heavy atom. The van der Waals surface area contributed by atoms with Crippen molar-refractivity contribution >= 4 is 29.6 Å². The van der Waals surface area contributed by atoms with Gasteiger partial charge in [-0.25, -0.2) is 4.79 Å². The molecule has 0 saturated carbocycles. The van der Waals surface area contributed by atoms with Gasteiger partial charge in [0.2, 0.25) is 23.6 Å². The van der Waals surface area contributed by atoms with Gasteiger partial charge >= 0.3 is 5.97 Å². The highest BCUT2D eigenvalue weighted by Crippen LogP contribution is 2.20. The molecule has 1 aliphatic heterocycles. The first-order chi connectivity index (χ1) is 17.1. The lowest BCUT2D eigenvalue weighted by Crippen LogP contribution is -2.57. The molecule has 1 fully saturated rings. The summed E-state index contributed by atoms with van der Waals surface area (Å²) in [5.41, 5.74) is 17.1. The average Bonchev–Trinajstić information content (AvgIpc) is 3.32. The fourth-order valence-electron chi connectivity index (χ4n) is 4.16. The Hall–Kier alpha value is -3.51. The molecule has 4 amide bonds. The molecule has 1 aliphatic rings. The Morgan fingerprint density at radius 2 is 1.75 bits per heavy atom. The Balaban J connectivity index is 2.17. The molecule has 1 heterocycles. The number of nitrogens with one attached hydrogen (secondary N) is 2. The number of benzene rings is 1. The fourth-order valence-corrected chi connectivity index (χ4v) is 4.16. The minimum absolute atomic E-state index is 0.135. The first kappa shape index (κ1) is 28.7. The van der Waals surface area contributed by atoms with Gasteiger partial charge in [0.05, 0.1) is 12.5 Å². The van der Waals surface area contributed by atoms with Crippen molar-refractivity contribution in [3.8, 4) is 0 Å². The van der Waals surface area contributed by atoms with Gasteiger partial charge in [0, 0.05) is 13.0 Å². The van der Waals surface area contributed by atoms with E-state index in [1.807, 2.05) is 6.07 Å². The Kier molecular flexibility index (Phi) is 11.3. The van der Waals surface area contributed by atoms with E-state index in [9.17, 15) is 29.1 Å². The third kappa shape index (κ3) is 8.61. The highest BCUT2D eigenvalue weighted by Gasteiger charge is 2.39. The minimum atomic E-state index is -1.23. The van der Waals surface area contributed by atoms with Crippen LogP contribution in [0.3, 0.4) is 0 Å². The molecule has 1 aromatic rings. The molecule has 198 valence electrons. The van der Waals surface area contributed by atoms with Crippen LogP contribution in [0.25, 0.3) is 0 Å². The predicted molar refractivity (Wildman–Crippen MR) is 131 cm³/mol. The maximum absolute atomic E-state index is 13.5. The lowest BCUT2D eigenvalue weighted by atomic mass is 10.0. The van der Waals surface area contributed by atoms with Crippen molar-refractivity contribution in [3.05, 3.63) is 35.9 Å². The van der Waals surface area contributed by atoms with Crippen molar-refractivity contribution in [2.45, 2.75) is 69.1 Å². The van der Waals surface area contributed by atoms with Crippen molar-refractivity contribution in [3.63, 3.8) is 0 Å². The summed E-state index contributed by atoms with van der Waals surface area (Å²) in [6.45, 7) is 0.694. The van der Waals surface area contributed by atoms with Crippen LogP contribution in [0.1, 0.15) is 44.1 Å². The van der Waals surface area contributed by atoms with Crippen molar-refractivity contribution in [2.75, 3.05) is 13.1 Å². The fraction of sp³-hybridized carbons (Fsp3) is 0.542. The summed E-state index contributed by atoms with van der Waals surface area (Å²) in [5.74, 6) is -3.68. The van der Waals surface area contributed by atoms with Crippen molar-refractivity contribution < 1.29 is 29.1 Å². The molecule has 0 bridgehead atoms. The Bertz CT molecular complexity index is 927. The molecular weight excluding hydrogens is 468 g/mol. The normalized spacial score (nSPS) is 17.6. The van der Waals surface area contributed by atoms with Crippen molar-refractivity contribution in [2.24, 2.45) is 17.2 Å². The van der Waals surface area contributed by atoms with Gasteiger partial charge < -0.3 is 37.8 Å². The monoisotopic (exact) mass is 504 g/mol. The van der Waals surface area contributed by atoms with Crippen LogP contribution in [-0.4, -0.2) is 76.9 Å². The number of carboxylic acids is 1. The molecule has 0 spiro atoms. The lowest BCUT2D eigenvalue weighted by Gasteiger charge is -2.30. The van der Waals surface area contributed by atoms with E-state index in [1.54, 1.807) is 24.3 Å². The first-order valence-electron chi connectivity index (χ1n) is 12.1. The quantitative estimate of drug-likeness (QED) is 0.166. The number of unbranched alkanes of at least 4 members (excludes halogenated alkanes) is 1. The average molecular weight is 505 g/mol. The zero-order valence-corrected chi connectivity index (χ0v) is 20.2. The van der Waals surface area contributed by atoms with Crippen LogP contribution in [-0.2, 0) is 30.4 Å². The van der Waals surface area contributed by atoms with E-state index in [4.69, 9.17) is 17.2 Å². The second-order valence-corrected chi connectivity index (χ2v) is 8.90. The molecule has 0 aromatic heterocycles. The van der Waals surface area contributed by atoms with Gasteiger partial charge in [-0.15, -0.1) is 0 Å². The number of hydrogen-bond acceptors (Lipinski definition) is 7. The lowest BCUT2D eigenvalue weighted by molar-refractivity contribution is -0.145. The zero-order valence-electron chi connectivity index (χ0n) is 20.2. The van der Waals surface area contributed by atoms with Crippen LogP contribution in [0.2, 0.25) is 0 Å². The van der Waals surface area contributed by atoms with Crippen LogP contribution < -0.4 is 27.8 Å². The summed E-state index contributed by atoms with van der Waals surface area (Å²) < 4.78 is 0. The number of carbonyl (C=O) groups excluding carboxylic acids is 4. The molecule has 1 aromatic carbocycles. The highest BCUT2D eigenvalue weighted by atomic mass is 16.4. The molecule has 4 atom stereocenters. The summed E-state index contributed by atoms with van der Waals surface area (Å²) in [6, 6.07) is 4.75. The Morgan fingerprint density at radius 1 is 1.06 bits per heavy atom. The molecule has 0 radical (unpaired) electrons. The van der Waals surface area contributed by atoms with Crippen molar-refractivity contribution in [1.29, 1.82) is 0 Å². The second kappa shape index (κ2) is 14.1. The number of carbonyl (C=O) groups is 5. The van der Waals surface area contributed by atoms with Gasteiger partial charge in [0.25, 0.3) is 0 Å². The summed E-state index contributed by atoms with van der Waals surface area (Å²) in [5, 5.41) is 14.6. The predicted octanol–water partition coefficient (Wildman–Crippen LogP) is -1.39. The topological polar surface area (TPSA) is 211 Å². The van der Waals surface area contributed by atoms with E-state index in [0.717, 1.165) is 5.56 Å². The summed E-state index contributed by atoms with van der Waals surface area (Å²) in [6.07, 6.45) is 2.05. The zero-order chi connectivity index (χ0) is 26.7. The van der Waals surface area contributed by atoms with Gasteiger partial charge in [-0.2, -0.15) is 0 Å². The Labute approximate surface area is 209 Å². The van der Waals surface area contributed by atoms with Gasteiger partial charge in [0.1, 0.15) is 18.1 Å². The van der Waals surface area contributed by atoms with Crippen molar-refractivity contribution in [1.82, 2.24) is 15.5 Å². The number of amides is 4. The number of hydrogen-bond donors (Lipinski definition) is 6. The van der Waals surface area contributed by atoms with Gasteiger partial charge in [0.15, 0.2) is 0 Å². The molecule has 2 rings (SSSR count). The standard InChI is InChI=1S/C24H36N6O6/c25-11-5-4-9-17(24(35)36)28-22(33)19-10-6-12-30(19)23(34)18(13-15-7-2-1-3-8-15)29-21(32)16(26)14-20(27)31/h1-3,7-8,16-19H,4-6,9-14,25-26H2,(H2,27,31)(H,28,33)(H,29,32)(H,35,36). The number of aliphatic carboxylic acids is 1. The first-order valence-corrected chi connectivity index (χ1v) is 12.1. The molecule has 9 N–H and O–H groups in total. The largest absolute Gasteiger partial charge is 0.480 e. The number of likely N-dealkylation sites (tertiary alicyclic amines) is 1. The number of carboxylic acid groups (broad SMARTS) is 1. The summed E-state index contributed by atoms with van der Waals surface area (Å²) in [4.78, 5) is 63.3. The van der Waals surface area contributed by atoms with E-state index in [1.165, 1.54) is 4.90 Å². The second-order valence-electron chi connectivity index (χ2n) is 8.90. The van der Waals surface area contributed by atoms with E-state index >= 15 is 0 Å². The summed E-state index contributed by atoms with van der Waals surface area (Å²) >= 11 is 0. The number of nitrogens with zero attached hydrogens (tertiary/aromatic N) is 1. The highest BCUT2D eigenvalue weighted by molar-refractivity contribution is 5.95. The SMILES string of the molecule is NCCCCC(NC(=O)C1CCCN1C(=O)C(Cc1ccccc1)NC(=O)C(N)CC(N)=O)C(=O)O. The smallest absolute Gasteiger partial charge is 0.326 e. The van der Waals surface area contributed by atoms with E-state index in [0.29, 0.717) is 32.2 Å². The van der Waals surface area contributed by atoms with Crippen LogP contribution >= 0.6 is 0 Å². The van der Waals surface area contributed by atoms with Gasteiger partial charge in [-0.3, -0.25) is 19.2 Å². The minimum Gasteiger partial charge on any atom is -0.480 e. The maximum Gasteiger partial charge on any atom is 0.326 e. The van der Waals surface area contributed by atoms with Gasteiger partial charge in [-0.05, 0) is 44.2 Å². The van der Waals surface area contributed by atoms with E-state index in [-0.39, 0.29) is 25.8 Å². The van der Waals surface area contributed by atoms with Crippen LogP contribution in [0, 0.1) is 0 Å². The third-order valence-electron chi connectivity index (χ3n) is 6.06.